The molecule has 2 aromatic rings. The Morgan fingerprint density at radius 1 is 1.11 bits per heavy atom. The SMILES string of the molecule is CC[C@H](C(=O)NC1CCCC1)N(Cc1ccccc1Cl)C(=O)CCCN(c1ccccc1OC)S(C)(=O)=O. The minimum absolute atomic E-state index is 0.0683. The number of sulfonamides is 1. The maximum Gasteiger partial charge on any atom is 0.243 e. The van der Waals surface area contributed by atoms with Gasteiger partial charge in [0.2, 0.25) is 21.8 Å². The fourth-order valence-electron chi connectivity index (χ4n) is 4.92. The summed E-state index contributed by atoms with van der Waals surface area (Å²) in [7, 11) is -2.14. The van der Waals surface area contributed by atoms with Gasteiger partial charge in [-0.1, -0.05) is 61.7 Å². The molecule has 1 aliphatic rings. The first-order valence-corrected chi connectivity index (χ1v) is 15.3. The van der Waals surface area contributed by atoms with E-state index in [0.717, 1.165) is 37.5 Å². The number of rotatable bonds is 13. The van der Waals surface area contributed by atoms with Crippen LogP contribution in [0.5, 0.6) is 5.75 Å². The predicted octanol–water partition coefficient (Wildman–Crippen LogP) is 4.76. The Labute approximate surface area is 231 Å². The van der Waals surface area contributed by atoms with E-state index in [9.17, 15) is 18.0 Å². The summed E-state index contributed by atoms with van der Waals surface area (Å²) >= 11 is 6.41. The highest BCUT2D eigenvalue weighted by Gasteiger charge is 2.31. The van der Waals surface area contributed by atoms with Crippen LogP contribution in [0, 0.1) is 0 Å². The van der Waals surface area contributed by atoms with Crippen molar-refractivity contribution < 1.29 is 22.7 Å². The van der Waals surface area contributed by atoms with Crippen molar-refractivity contribution in [2.45, 2.75) is 70.5 Å². The first-order valence-electron chi connectivity index (χ1n) is 13.1. The number of para-hydroxylation sites is 2. The Hall–Kier alpha value is -2.78. The van der Waals surface area contributed by atoms with E-state index in [1.165, 1.54) is 11.4 Å². The van der Waals surface area contributed by atoms with Crippen LogP contribution in [-0.2, 0) is 26.2 Å². The Morgan fingerprint density at radius 2 is 1.76 bits per heavy atom. The molecule has 8 nitrogen and oxygen atoms in total. The highest BCUT2D eigenvalue weighted by Crippen LogP contribution is 2.30. The molecule has 0 saturated heterocycles. The second-order valence-corrected chi connectivity index (χ2v) is 12.0. The summed E-state index contributed by atoms with van der Waals surface area (Å²) in [5.74, 6) is 0.0395. The maximum absolute atomic E-state index is 13.6. The van der Waals surface area contributed by atoms with Gasteiger partial charge in [0.15, 0.2) is 0 Å². The van der Waals surface area contributed by atoms with Gasteiger partial charge in [-0.25, -0.2) is 8.42 Å². The van der Waals surface area contributed by atoms with Crippen LogP contribution in [0.2, 0.25) is 5.02 Å². The number of nitrogens with one attached hydrogen (secondary N) is 1. The topological polar surface area (TPSA) is 96.0 Å². The molecular weight excluding hydrogens is 526 g/mol. The largest absolute Gasteiger partial charge is 0.495 e. The molecule has 1 aliphatic carbocycles. The van der Waals surface area contributed by atoms with E-state index in [1.807, 2.05) is 25.1 Å². The van der Waals surface area contributed by atoms with Gasteiger partial charge in [-0.15, -0.1) is 0 Å². The van der Waals surface area contributed by atoms with Gasteiger partial charge in [0.1, 0.15) is 11.8 Å². The number of ether oxygens (including phenoxy) is 1. The van der Waals surface area contributed by atoms with Crippen LogP contribution in [0.25, 0.3) is 0 Å². The van der Waals surface area contributed by atoms with E-state index in [0.29, 0.717) is 22.9 Å². The molecular formula is C28H38ClN3O5S. The van der Waals surface area contributed by atoms with Crippen LogP contribution in [-0.4, -0.2) is 57.1 Å². The monoisotopic (exact) mass is 563 g/mol. The first-order chi connectivity index (χ1) is 18.2. The number of benzene rings is 2. The molecule has 1 atom stereocenters. The zero-order valence-corrected chi connectivity index (χ0v) is 23.9. The standard InChI is InChI=1S/C28H38ClN3O5S/c1-4-24(28(34)30-22-13-6-7-14-22)31(20-21-12-5-8-15-23(21)29)27(33)18-11-19-32(38(3,35)36)25-16-9-10-17-26(25)37-2/h5,8-10,12,15-17,22,24H,4,6-7,11,13-14,18-20H2,1-3H3,(H,30,34)/t24-/m1/s1. The number of nitrogens with zero attached hydrogens (tertiary/aromatic N) is 2. The van der Waals surface area contributed by atoms with E-state index in [-0.39, 0.29) is 43.8 Å². The number of carbonyl (C=O) groups excluding carboxylic acids is 2. The van der Waals surface area contributed by atoms with Gasteiger partial charge in [0, 0.05) is 30.6 Å². The predicted molar refractivity (Wildman–Crippen MR) is 151 cm³/mol. The van der Waals surface area contributed by atoms with Crippen LogP contribution >= 0.6 is 11.6 Å². The number of carbonyl (C=O) groups is 2. The number of methoxy groups -OCH3 is 1. The van der Waals surface area contributed by atoms with Crippen molar-refractivity contribution in [3.8, 4) is 5.75 Å². The molecule has 38 heavy (non-hydrogen) atoms. The summed E-state index contributed by atoms with van der Waals surface area (Å²) in [5, 5.41) is 3.65. The van der Waals surface area contributed by atoms with Crippen molar-refractivity contribution in [1.82, 2.24) is 10.2 Å². The van der Waals surface area contributed by atoms with Gasteiger partial charge in [-0.05, 0) is 49.4 Å². The van der Waals surface area contributed by atoms with Crippen LogP contribution in [0.4, 0.5) is 5.69 Å². The van der Waals surface area contributed by atoms with Crippen LogP contribution < -0.4 is 14.4 Å². The van der Waals surface area contributed by atoms with Crippen molar-refractivity contribution in [3.05, 3.63) is 59.1 Å². The molecule has 1 fully saturated rings. The van der Waals surface area contributed by atoms with Gasteiger partial charge in [-0.3, -0.25) is 13.9 Å². The van der Waals surface area contributed by atoms with E-state index in [1.54, 1.807) is 35.2 Å². The lowest BCUT2D eigenvalue weighted by Crippen LogP contribution is -2.51. The Kier molecular flexibility index (Phi) is 10.8. The Balaban J connectivity index is 1.78. The molecule has 0 heterocycles. The number of amides is 2. The highest BCUT2D eigenvalue weighted by atomic mass is 35.5. The molecule has 208 valence electrons. The summed E-state index contributed by atoms with van der Waals surface area (Å²) in [6, 6.07) is 13.6. The minimum Gasteiger partial charge on any atom is -0.495 e. The van der Waals surface area contributed by atoms with Gasteiger partial charge < -0.3 is 15.0 Å². The van der Waals surface area contributed by atoms with Crippen LogP contribution in [0.1, 0.15) is 57.4 Å². The molecule has 2 amide bonds. The number of anilines is 1. The molecule has 0 spiro atoms. The molecule has 0 radical (unpaired) electrons. The minimum atomic E-state index is -3.62. The molecule has 2 aromatic carbocycles. The third-order valence-electron chi connectivity index (χ3n) is 6.89. The van der Waals surface area contributed by atoms with Crippen molar-refractivity contribution in [3.63, 3.8) is 0 Å². The van der Waals surface area contributed by atoms with Crippen LogP contribution in [0.3, 0.4) is 0 Å². The maximum atomic E-state index is 13.6. The Morgan fingerprint density at radius 3 is 2.39 bits per heavy atom. The first kappa shape index (κ1) is 29.8. The highest BCUT2D eigenvalue weighted by molar-refractivity contribution is 7.92. The number of hydrogen-bond donors (Lipinski definition) is 1. The summed E-state index contributed by atoms with van der Waals surface area (Å²) in [6.45, 7) is 2.17. The fraction of sp³-hybridized carbons (Fsp3) is 0.500. The van der Waals surface area contributed by atoms with E-state index >= 15 is 0 Å². The lowest BCUT2D eigenvalue weighted by atomic mass is 10.1. The van der Waals surface area contributed by atoms with Crippen molar-refractivity contribution in [2.24, 2.45) is 0 Å². The molecule has 1 N–H and O–H groups in total. The Bertz CT molecular complexity index is 1200. The van der Waals surface area contributed by atoms with E-state index in [4.69, 9.17) is 16.3 Å². The van der Waals surface area contributed by atoms with Gasteiger partial charge in [0.05, 0.1) is 19.1 Å². The molecule has 0 unspecified atom stereocenters. The molecule has 1 saturated carbocycles. The zero-order chi connectivity index (χ0) is 27.7. The molecule has 10 heteroatoms. The fourth-order valence-corrected chi connectivity index (χ4v) is 6.08. The van der Waals surface area contributed by atoms with Gasteiger partial charge in [-0.2, -0.15) is 0 Å². The second-order valence-electron chi connectivity index (χ2n) is 9.64. The molecule has 0 aliphatic heterocycles. The zero-order valence-electron chi connectivity index (χ0n) is 22.4. The van der Waals surface area contributed by atoms with E-state index in [2.05, 4.69) is 5.32 Å². The third-order valence-corrected chi connectivity index (χ3v) is 8.44. The third kappa shape index (κ3) is 7.86. The lowest BCUT2D eigenvalue weighted by molar-refractivity contribution is -0.141. The number of hydrogen-bond acceptors (Lipinski definition) is 5. The normalized spacial score (nSPS) is 14.6. The summed E-state index contributed by atoms with van der Waals surface area (Å²) in [5.41, 5.74) is 1.17. The van der Waals surface area contributed by atoms with Crippen molar-refractivity contribution in [2.75, 3.05) is 24.2 Å². The van der Waals surface area contributed by atoms with Crippen LogP contribution in [0.15, 0.2) is 48.5 Å². The second kappa shape index (κ2) is 13.8. The van der Waals surface area contributed by atoms with Gasteiger partial charge >= 0.3 is 0 Å². The average molecular weight is 564 g/mol. The molecule has 0 aromatic heterocycles. The summed E-state index contributed by atoms with van der Waals surface area (Å²) in [4.78, 5) is 28.5. The molecule has 3 rings (SSSR count). The summed E-state index contributed by atoms with van der Waals surface area (Å²) < 4.78 is 31.8. The number of halogens is 1. The lowest BCUT2D eigenvalue weighted by Gasteiger charge is -2.32. The average Bonchev–Trinajstić information content (AvgIpc) is 3.39. The van der Waals surface area contributed by atoms with Crippen molar-refractivity contribution in [1.29, 1.82) is 0 Å². The summed E-state index contributed by atoms with van der Waals surface area (Å²) in [6.07, 6.45) is 6.00. The molecule has 0 bridgehead atoms. The van der Waals surface area contributed by atoms with E-state index < -0.39 is 16.1 Å². The smallest absolute Gasteiger partial charge is 0.243 e. The van der Waals surface area contributed by atoms with Crippen molar-refractivity contribution >= 4 is 39.1 Å². The quantitative estimate of drug-likeness (QED) is 0.379. The van der Waals surface area contributed by atoms with Gasteiger partial charge in [0.25, 0.3) is 0 Å².